The number of hydrogen-bond donors (Lipinski definition) is 0. The number of carbonyl (C=O) groups excluding carboxylic acids is 1. The van der Waals surface area contributed by atoms with Crippen LogP contribution < -0.4 is 4.46 Å². The summed E-state index contributed by atoms with van der Waals surface area (Å²) in [5, 5.41) is 0. The molecule has 0 spiro atoms. The van der Waals surface area contributed by atoms with E-state index in [1.807, 2.05) is 6.07 Å². The summed E-state index contributed by atoms with van der Waals surface area (Å²) in [5.41, 5.74) is 0. The van der Waals surface area contributed by atoms with Gasteiger partial charge in [-0.3, -0.25) is 0 Å². The molecule has 0 aliphatic carbocycles. The first-order valence-corrected chi connectivity index (χ1v) is 7.49. The molecular weight excluding hydrogens is 277 g/mol. The molecule has 0 unspecified atom stereocenters. The van der Waals surface area contributed by atoms with Crippen LogP contribution in [0.4, 0.5) is 0 Å². The topological polar surface area (TPSA) is 20.3 Å². The zero-order valence-electron chi connectivity index (χ0n) is 10.6. The van der Waals surface area contributed by atoms with Gasteiger partial charge in [-0.15, -0.1) is 0 Å². The van der Waals surface area contributed by atoms with E-state index in [0.717, 1.165) is 12.8 Å². The minimum absolute atomic E-state index is 0.0891. The molecule has 0 aliphatic rings. The van der Waals surface area contributed by atoms with Crippen LogP contribution in [0, 0.1) is 0 Å². The maximum atomic E-state index is 11.7. The molecule has 0 saturated heterocycles. The van der Waals surface area contributed by atoms with Gasteiger partial charge in [0, 0.05) is 0 Å². The van der Waals surface area contributed by atoms with Crippen molar-refractivity contribution in [1.29, 1.82) is 0 Å². The van der Waals surface area contributed by atoms with E-state index in [-0.39, 0.29) is 20.9 Å². The molecule has 0 N–H and O–H groups in total. The van der Waals surface area contributed by atoms with Gasteiger partial charge in [-0.1, -0.05) is 0 Å². The van der Waals surface area contributed by atoms with E-state index in [2.05, 4.69) is 31.2 Å². The fraction of sp³-hybridized carbons (Fsp3) is 0.357. The molecule has 2 nitrogen and oxygen atoms in total. The van der Waals surface area contributed by atoms with Crippen LogP contribution in [-0.4, -0.2) is 39.9 Å². The second kappa shape index (κ2) is 7.31. The monoisotopic (exact) mass is 297 g/mol. The van der Waals surface area contributed by atoms with Gasteiger partial charge in [0.2, 0.25) is 0 Å². The second-order valence-corrected chi connectivity index (χ2v) is 6.53. The maximum absolute atomic E-state index is 11.7. The Kier molecular flexibility index (Phi) is 6.02. The number of nitrogens with zero attached hydrogens (tertiary/aromatic N) is 1. The van der Waals surface area contributed by atoms with Gasteiger partial charge in [0.25, 0.3) is 0 Å². The van der Waals surface area contributed by atoms with Crippen LogP contribution >= 0.6 is 0 Å². The quantitative estimate of drug-likeness (QED) is 0.599. The molecule has 0 aromatic heterocycles. The average Bonchev–Trinajstić information content (AvgIpc) is 2.30. The van der Waals surface area contributed by atoms with Crippen molar-refractivity contribution in [3.05, 3.63) is 40.9 Å². The van der Waals surface area contributed by atoms with Crippen molar-refractivity contribution in [2.24, 2.45) is 0 Å². The number of rotatable bonds is 5. The molecule has 1 aromatic rings. The Morgan fingerprint density at radius 1 is 1.29 bits per heavy atom. The number of benzene rings is 1. The number of likely N-dealkylation sites (N-methyl/N-ethyl adjacent to an activating group) is 1. The zero-order chi connectivity index (χ0) is 12.7. The van der Waals surface area contributed by atoms with Crippen LogP contribution in [0.15, 0.2) is 40.9 Å². The number of carbonyl (C=O) groups is 1. The summed E-state index contributed by atoms with van der Waals surface area (Å²) in [4.78, 5) is 13.3. The zero-order valence-corrected chi connectivity index (χ0v) is 12.4. The van der Waals surface area contributed by atoms with Crippen molar-refractivity contribution >= 4 is 25.3 Å². The van der Waals surface area contributed by atoms with Crippen LogP contribution in [0.3, 0.4) is 0 Å². The molecular formula is C14H19NOSe. The first-order valence-electron chi connectivity index (χ1n) is 5.78. The molecule has 17 heavy (non-hydrogen) atoms. The third kappa shape index (κ3) is 5.20. The Bertz CT molecular complexity index is 384. The summed E-state index contributed by atoms with van der Waals surface area (Å²) in [7, 11) is 3.58. The molecule has 1 amide bonds. The van der Waals surface area contributed by atoms with Crippen molar-refractivity contribution in [3.8, 4) is 0 Å². The van der Waals surface area contributed by atoms with Crippen molar-refractivity contribution in [3.63, 3.8) is 0 Å². The predicted octanol–water partition coefficient (Wildman–Crippen LogP) is 1.79. The standard InChI is InChI=1S/C14H19NOSe/c1-4-8-13(11-14(16)15(2)3)17-12-9-6-5-7-10-12/h5-7,9-11H,4,8H2,1-3H3/b13-11+. The third-order valence-electron chi connectivity index (χ3n) is 2.21. The normalized spacial score (nSPS) is 11.4. The predicted molar refractivity (Wildman–Crippen MR) is 73.5 cm³/mol. The molecule has 0 fully saturated rings. The van der Waals surface area contributed by atoms with Crippen LogP contribution in [-0.2, 0) is 4.79 Å². The van der Waals surface area contributed by atoms with Crippen LogP contribution in [0.2, 0.25) is 0 Å². The summed E-state index contributed by atoms with van der Waals surface area (Å²) in [6.07, 6.45) is 3.89. The van der Waals surface area contributed by atoms with Crippen molar-refractivity contribution in [2.45, 2.75) is 19.8 Å². The Hall–Kier alpha value is -1.05. The molecule has 0 heterocycles. The molecule has 3 heteroatoms. The molecule has 0 aliphatic heterocycles. The van der Waals surface area contributed by atoms with Gasteiger partial charge in [-0.25, -0.2) is 0 Å². The fourth-order valence-electron chi connectivity index (χ4n) is 1.31. The Morgan fingerprint density at radius 3 is 2.47 bits per heavy atom. The van der Waals surface area contributed by atoms with Crippen LogP contribution in [0.1, 0.15) is 19.8 Å². The summed E-state index contributed by atoms with van der Waals surface area (Å²) in [6, 6.07) is 10.4. The first kappa shape index (κ1) is 14.0. The molecule has 0 saturated carbocycles. The van der Waals surface area contributed by atoms with Gasteiger partial charge in [0.1, 0.15) is 0 Å². The van der Waals surface area contributed by atoms with Gasteiger partial charge in [-0.2, -0.15) is 0 Å². The Morgan fingerprint density at radius 2 is 1.94 bits per heavy atom. The van der Waals surface area contributed by atoms with Crippen LogP contribution in [0.5, 0.6) is 0 Å². The second-order valence-electron chi connectivity index (χ2n) is 4.01. The van der Waals surface area contributed by atoms with Gasteiger partial charge >= 0.3 is 110 Å². The summed E-state index contributed by atoms with van der Waals surface area (Å²) in [5.74, 6) is 0.0891. The van der Waals surface area contributed by atoms with E-state index in [1.165, 1.54) is 8.93 Å². The first-order chi connectivity index (χ1) is 8.13. The Labute approximate surface area is 110 Å². The van der Waals surface area contributed by atoms with E-state index in [0.29, 0.717) is 0 Å². The SMILES string of the molecule is CCC/C(=C\C(=O)N(C)C)[Se]c1ccccc1. The van der Waals surface area contributed by atoms with Gasteiger partial charge in [0.15, 0.2) is 0 Å². The van der Waals surface area contributed by atoms with Gasteiger partial charge in [0.05, 0.1) is 0 Å². The van der Waals surface area contributed by atoms with E-state index < -0.39 is 0 Å². The molecule has 0 atom stereocenters. The van der Waals surface area contributed by atoms with E-state index in [9.17, 15) is 4.79 Å². The van der Waals surface area contributed by atoms with Crippen molar-refractivity contribution in [1.82, 2.24) is 4.90 Å². The van der Waals surface area contributed by atoms with Crippen LogP contribution in [0.25, 0.3) is 0 Å². The number of hydrogen-bond acceptors (Lipinski definition) is 1. The van der Waals surface area contributed by atoms with E-state index >= 15 is 0 Å². The fourth-order valence-corrected chi connectivity index (χ4v) is 3.53. The van der Waals surface area contributed by atoms with E-state index in [1.54, 1.807) is 25.1 Å². The summed E-state index contributed by atoms with van der Waals surface area (Å²) in [6.45, 7) is 2.15. The molecule has 0 bridgehead atoms. The third-order valence-corrected chi connectivity index (χ3v) is 4.50. The number of allylic oxidation sites excluding steroid dienone is 1. The molecule has 1 aromatic carbocycles. The number of amides is 1. The molecule has 0 radical (unpaired) electrons. The van der Waals surface area contributed by atoms with Crippen molar-refractivity contribution < 1.29 is 4.79 Å². The summed E-state index contributed by atoms with van der Waals surface area (Å²) < 4.78 is 2.59. The molecule has 1 rings (SSSR count). The Balaban J connectivity index is 2.76. The van der Waals surface area contributed by atoms with E-state index in [4.69, 9.17) is 0 Å². The minimum atomic E-state index is 0.0891. The average molecular weight is 296 g/mol. The summed E-state index contributed by atoms with van der Waals surface area (Å²) >= 11 is 0.267. The van der Waals surface area contributed by atoms with Gasteiger partial charge in [-0.05, 0) is 0 Å². The van der Waals surface area contributed by atoms with Crippen molar-refractivity contribution in [2.75, 3.05) is 14.1 Å². The molecule has 92 valence electrons. The van der Waals surface area contributed by atoms with Gasteiger partial charge < -0.3 is 0 Å².